The fourth-order valence-corrected chi connectivity index (χ4v) is 7.96. The number of piperidine rings is 1. The number of hydrogen-bond donors (Lipinski definition) is 1. The Morgan fingerprint density at radius 1 is 1.12 bits per heavy atom. The Labute approximate surface area is 256 Å². The predicted molar refractivity (Wildman–Crippen MR) is 167 cm³/mol. The van der Waals surface area contributed by atoms with Crippen molar-refractivity contribution < 1.29 is 28.3 Å². The van der Waals surface area contributed by atoms with Gasteiger partial charge in [-0.25, -0.2) is 9.59 Å². The number of nitrogens with one attached hydrogen (secondary N) is 1. The summed E-state index contributed by atoms with van der Waals surface area (Å²) in [6.07, 6.45) is 3.95. The summed E-state index contributed by atoms with van der Waals surface area (Å²) >= 11 is 5.79. The quantitative estimate of drug-likeness (QED) is 0.136. The van der Waals surface area contributed by atoms with Gasteiger partial charge in [0.05, 0.1) is 18.1 Å². The molecule has 3 fully saturated rings. The average Bonchev–Trinajstić information content (AvgIpc) is 3.49. The Kier molecular flexibility index (Phi) is 9.58. The van der Waals surface area contributed by atoms with Crippen molar-refractivity contribution in [1.82, 2.24) is 20.0 Å². The Balaban J connectivity index is 1.48. The first-order valence-electron chi connectivity index (χ1n) is 14.8. The lowest BCUT2D eigenvalue weighted by Crippen LogP contribution is -2.65. The van der Waals surface area contributed by atoms with E-state index in [0.29, 0.717) is 37.0 Å². The summed E-state index contributed by atoms with van der Waals surface area (Å²) < 4.78 is 17.3. The predicted octanol–water partition coefficient (Wildman–Crippen LogP) is 3.81. The Bertz CT molecular complexity index is 1170. The molecule has 2 amide bonds. The molecule has 0 bridgehead atoms. The highest BCUT2D eigenvalue weighted by molar-refractivity contribution is 7.80. The van der Waals surface area contributed by atoms with Gasteiger partial charge in [0.25, 0.3) is 0 Å². The summed E-state index contributed by atoms with van der Waals surface area (Å²) in [6.45, 7) is 22.6. The fraction of sp³-hybridized carbons (Fsp3) is 0.667. The highest BCUT2D eigenvalue weighted by atomic mass is 32.1. The summed E-state index contributed by atoms with van der Waals surface area (Å²) in [5.41, 5.74) is 1.23. The van der Waals surface area contributed by atoms with Gasteiger partial charge in [0.2, 0.25) is 5.91 Å². The Hall–Kier alpha value is -2.70. The van der Waals surface area contributed by atoms with Crippen LogP contribution in [-0.4, -0.2) is 104 Å². The highest BCUT2D eigenvalue weighted by Gasteiger charge is 2.62. The van der Waals surface area contributed by atoms with Crippen LogP contribution in [0.4, 0.5) is 4.79 Å². The number of β-lactam (4-membered cyclic amide) rings is 1. The second-order valence-electron chi connectivity index (χ2n) is 13.1. The first-order valence-corrected chi connectivity index (χ1v) is 18.1. The summed E-state index contributed by atoms with van der Waals surface area (Å²) in [5.74, 6) is -0.872. The number of amides is 2. The van der Waals surface area contributed by atoms with Gasteiger partial charge >= 0.3 is 12.1 Å². The molecule has 42 heavy (non-hydrogen) atoms. The zero-order chi connectivity index (χ0) is 31.0. The van der Waals surface area contributed by atoms with Crippen molar-refractivity contribution in [3.63, 3.8) is 0 Å². The lowest BCUT2D eigenvalue weighted by atomic mass is 9.74. The highest BCUT2D eigenvalue weighted by Crippen LogP contribution is 2.51. The molecule has 1 N–H and O–H groups in total. The van der Waals surface area contributed by atoms with Gasteiger partial charge in [0, 0.05) is 38.1 Å². The van der Waals surface area contributed by atoms with E-state index in [1.165, 1.54) is 6.08 Å². The van der Waals surface area contributed by atoms with Crippen LogP contribution in [0.15, 0.2) is 36.6 Å². The number of esters is 1. The molecule has 0 aromatic carbocycles. The zero-order valence-electron chi connectivity index (χ0n) is 25.8. The molecule has 1 unspecified atom stereocenters. The number of thiocarbonyl (C=S) groups is 1. The van der Waals surface area contributed by atoms with Crippen LogP contribution in [0.3, 0.4) is 0 Å². The minimum Gasteiger partial charge on any atom is -0.457 e. The number of ether oxygens (including phenoxy) is 2. The maximum atomic E-state index is 13.6. The minimum atomic E-state index is -2.11. The third kappa shape index (κ3) is 6.16. The van der Waals surface area contributed by atoms with Crippen LogP contribution in [0.5, 0.6) is 0 Å². The molecular formula is C30H46N4O6SSi. The van der Waals surface area contributed by atoms with E-state index in [-0.39, 0.29) is 60.3 Å². The van der Waals surface area contributed by atoms with Gasteiger partial charge in [0.15, 0.2) is 13.4 Å². The van der Waals surface area contributed by atoms with E-state index in [2.05, 4.69) is 52.3 Å². The number of carbonyl (C=O) groups is 3. The summed E-state index contributed by atoms with van der Waals surface area (Å²) in [6, 6.07) is -0.132. The van der Waals surface area contributed by atoms with Crippen molar-refractivity contribution in [3.8, 4) is 0 Å². The molecule has 3 saturated heterocycles. The van der Waals surface area contributed by atoms with Crippen LogP contribution in [0.1, 0.15) is 40.5 Å². The van der Waals surface area contributed by atoms with Gasteiger partial charge in [-0.3, -0.25) is 4.79 Å². The lowest BCUT2D eigenvalue weighted by Gasteiger charge is -2.51. The van der Waals surface area contributed by atoms with E-state index in [0.717, 1.165) is 18.4 Å². The van der Waals surface area contributed by atoms with E-state index in [1.54, 1.807) is 15.9 Å². The minimum absolute atomic E-state index is 0.000290. The molecular weight excluding hydrogens is 573 g/mol. The van der Waals surface area contributed by atoms with Crippen LogP contribution in [0, 0.1) is 11.8 Å². The molecule has 0 aliphatic carbocycles. The third-order valence-electron chi connectivity index (χ3n) is 9.37. The number of nitrogens with zero attached hydrogens (tertiary/aromatic N) is 3. The van der Waals surface area contributed by atoms with Crippen molar-refractivity contribution in [2.24, 2.45) is 11.8 Å². The van der Waals surface area contributed by atoms with Crippen LogP contribution < -0.4 is 5.32 Å². The molecule has 10 nitrogen and oxygen atoms in total. The third-order valence-corrected chi connectivity index (χ3v) is 14.3. The van der Waals surface area contributed by atoms with Gasteiger partial charge in [-0.1, -0.05) is 46.1 Å². The van der Waals surface area contributed by atoms with Crippen LogP contribution >= 0.6 is 12.2 Å². The van der Waals surface area contributed by atoms with Crippen LogP contribution in [0.2, 0.25) is 18.1 Å². The van der Waals surface area contributed by atoms with Crippen molar-refractivity contribution in [2.75, 3.05) is 39.4 Å². The van der Waals surface area contributed by atoms with Crippen molar-refractivity contribution >= 4 is 43.6 Å². The smallest absolute Gasteiger partial charge is 0.410 e. The van der Waals surface area contributed by atoms with Gasteiger partial charge in [-0.05, 0) is 55.7 Å². The summed E-state index contributed by atoms with van der Waals surface area (Å²) in [4.78, 5) is 44.5. The monoisotopic (exact) mass is 618 g/mol. The van der Waals surface area contributed by atoms with Gasteiger partial charge in [-0.15, -0.1) is 0 Å². The maximum absolute atomic E-state index is 13.6. The maximum Gasteiger partial charge on any atom is 0.410 e. The first-order chi connectivity index (χ1) is 19.7. The molecule has 5 atom stereocenters. The second kappa shape index (κ2) is 12.5. The SMILES string of the molecule is C=CCOC(=O)C1=C2CN(C(=S)NC3CCN(C(=O)OCC=C)C3)CC[C@@H]2[C@@H]2[C@@H]([C@@H](C)O[Si](C)(C)C(C)(C)C)C(=O)N12. The molecule has 232 valence electrons. The lowest BCUT2D eigenvalue weighted by molar-refractivity contribution is -0.163. The van der Waals surface area contributed by atoms with Gasteiger partial charge in [0.1, 0.15) is 18.9 Å². The van der Waals surface area contributed by atoms with Crippen molar-refractivity contribution in [3.05, 3.63) is 36.6 Å². The van der Waals surface area contributed by atoms with E-state index in [9.17, 15) is 14.4 Å². The van der Waals surface area contributed by atoms with E-state index >= 15 is 0 Å². The fourth-order valence-electron chi connectivity index (χ4n) is 6.21. The van der Waals surface area contributed by atoms with E-state index < -0.39 is 14.3 Å². The number of fused-ring (bicyclic) bond motifs is 3. The molecule has 0 aromatic heterocycles. The zero-order valence-corrected chi connectivity index (χ0v) is 27.6. The summed E-state index contributed by atoms with van der Waals surface area (Å²) in [7, 11) is -2.11. The Morgan fingerprint density at radius 2 is 1.76 bits per heavy atom. The van der Waals surface area contributed by atoms with Gasteiger partial charge in [-0.2, -0.15) is 0 Å². The number of likely N-dealkylation sites (tertiary alicyclic amines) is 2. The number of rotatable bonds is 9. The average molecular weight is 619 g/mol. The largest absolute Gasteiger partial charge is 0.457 e. The molecule has 0 saturated carbocycles. The Morgan fingerprint density at radius 3 is 2.40 bits per heavy atom. The van der Waals surface area contributed by atoms with Crippen LogP contribution in [0.25, 0.3) is 0 Å². The molecule has 12 heteroatoms. The molecule has 4 aliphatic heterocycles. The molecule has 0 radical (unpaired) electrons. The molecule has 4 rings (SSSR count). The first kappa shape index (κ1) is 32.2. The molecule has 0 aromatic rings. The van der Waals surface area contributed by atoms with Gasteiger partial charge < -0.3 is 33.9 Å². The molecule has 4 aliphatic rings. The standard InChI is InChI=1S/C30H46N4O6SSi/c1-9-15-38-27(36)25-22-18-32(28(41)31-20-11-13-33(17-20)29(37)39-16-10-2)14-12-21(22)24-23(26(35)34(24)25)19(3)40-42(7,8)30(4,5)6/h9-10,19-21,23-24H,1-2,11-18H2,3-8H3,(H,31,41)/t19-,20?,21+,23-,24-/m1/s1. The normalized spacial score (nSPS) is 26.2. The number of hydrogen-bond acceptors (Lipinski definition) is 7. The topological polar surface area (TPSA) is 101 Å². The van der Waals surface area contributed by atoms with Crippen molar-refractivity contribution in [2.45, 2.75) is 76.9 Å². The van der Waals surface area contributed by atoms with E-state index in [4.69, 9.17) is 26.1 Å². The van der Waals surface area contributed by atoms with Crippen molar-refractivity contribution in [1.29, 1.82) is 0 Å². The molecule has 4 heterocycles. The van der Waals surface area contributed by atoms with Crippen LogP contribution in [-0.2, 0) is 23.5 Å². The molecule has 0 spiro atoms. The second-order valence-corrected chi connectivity index (χ2v) is 18.3. The van der Waals surface area contributed by atoms with E-state index in [1.807, 2.05) is 11.8 Å². The summed E-state index contributed by atoms with van der Waals surface area (Å²) in [5, 5.41) is 3.99. The number of carbonyl (C=O) groups excluding carboxylic acids is 3.